The van der Waals surface area contributed by atoms with Gasteiger partial charge in [0.1, 0.15) is 17.3 Å². The third kappa shape index (κ3) is 9.72. The standard InChI is InChI=1S/C50H55N3O7/c54-20-4-6-34-13-10-32-21-36(34)26-35-16-18-52-50(35)53-30-38-27-45-43(17-19-51-45)44(28-40(56)14-11-31-5-3-7-39(55)24-31)48(38)46(58)29-41(57)15-12-33-23-37(22-32)49(59)47(25-33)60-42-8-1-2-9-42/h3,5,7,10,13,16-19,21,23-25,27,40,42,44,48,52,54-56,59H,1-2,4,6,8-9,11-12,14-15,20,22,26,28-30H2/q-2. The number of H-pyrrole nitrogens is 1. The summed E-state index contributed by atoms with van der Waals surface area (Å²) in [6.07, 6.45) is 12.8. The summed E-state index contributed by atoms with van der Waals surface area (Å²) < 4.78 is 6.41. The van der Waals surface area contributed by atoms with Gasteiger partial charge in [0.15, 0.2) is 11.5 Å². The quantitative estimate of drug-likeness (QED) is 0.0876. The molecule has 0 amide bonds. The van der Waals surface area contributed by atoms with E-state index in [0.29, 0.717) is 62.9 Å². The highest BCUT2D eigenvalue weighted by molar-refractivity contribution is 6.02. The van der Waals surface area contributed by atoms with Crippen molar-refractivity contribution in [3.63, 3.8) is 0 Å². The number of nitrogens with zero attached hydrogens (tertiary/aromatic N) is 2. The number of aromatic nitrogens is 2. The molecule has 1 aliphatic heterocycles. The fourth-order valence-electron chi connectivity index (χ4n) is 9.49. The molecule has 0 radical (unpaired) electrons. The van der Waals surface area contributed by atoms with Gasteiger partial charge in [-0.05, 0) is 135 Å². The average Bonchev–Trinajstić information content (AvgIpc) is 4.03. The molecule has 0 spiro atoms. The number of aryl methyl sites for hydroxylation is 3. The minimum absolute atomic E-state index is 0.0280. The Kier molecular flexibility index (Phi) is 12.9. The maximum atomic E-state index is 14.6. The number of ether oxygens (including phenoxy) is 1. The number of aromatic amines is 1. The van der Waals surface area contributed by atoms with Gasteiger partial charge in [-0.15, -0.1) is 5.69 Å². The second-order valence-electron chi connectivity index (χ2n) is 16.9. The molecule has 2 aromatic heterocycles. The van der Waals surface area contributed by atoms with Gasteiger partial charge >= 0.3 is 0 Å². The molecule has 3 heterocycles. The van der Waals surface area contributed by atoms with Gasteiger partial charge in [-0.25, -0.2) is 0 Å². The van der Waals surface area contributed by atoms with Crippen LogP contribution < -0.4 is 9.72 Å². The number of hydrogen-bond donors (Lipinski definition) is 5. The molecular formula is C50H55N3O7-2. The van der Waals surface area contributed by atoms with Crippen LogP contribution in [0.25, 0.3) is 11.4 Å². The Hall–Kier alpha value is -5.58. The number of rotatable bonds is 10. The fourth-order valence-corrected chi connectivity index (χ4v) is 9.49. The van der Waals surface area contributed by atoms with Gasteiger partial charge in [-0.2, -0.15) is 6.20 Å². The predicted octanol–water partition coefficient (Wildman–Crippen LogP) is 8.47. The number of benzene rings is 3. The molecule has 3 aromatic carbocycles. The molecule has 3 aliphatic rings. The topological polar surface area (TPSA) is 168 Å². The third-order valence-corrected chi connectivity index (χ3v) is 12.6. The Balaban J connectivity index is 1.14. The van der Waals surface area contributed by atoms with E-state index < -0.39 is 17.9 Å². The highest BCUT2D eigenvalue weighted by atomic mass is 16.5. The lowest BCUT2D eigenvalue weighted by atomic mass is 9.71. The first-order valence-electron chi connectivity index (χ1n) is 21.6. The van der Waals surface area contributed by atoms with E-state index in [0.717, 1.165) is 81.5 Å². The number of aliphatic hydroxyl groups is 2. The third-order valence-electron chi connectivity index (χ3n) is 12.6. The zero-order chi connectivity index (χ0) is 41.6. The van der Waals surface area contributed by atoms with Gasteiger partial charge in [0.05, 0.1) is 18.6 Å². The number of nitrogens with one attached hydrogen (secondary N) is 1. The molecule has 10 heteroatoms. The zero-order valence-corrected chi connectivity index (χ0v) is 34.1. The van der Waals surface area contributed by atoms with Crippen molar-refractivity contribution in [2.45, 2.75) is 108 Å². The number of phenols is 2. The second-order valence-corrected chi connectivity index (χ2v) is 16.9. The molecule has 60 heavy (non-hydrogen) atoms. The highest BCUT2D eigenvalue weighted by Gasteiger charge is 2.36. The molecule has 10 nitrogen and oxygen atoms in total. The Morgan fingerprint density at radius 2 is 1.72 bits per heavy atom. The number of phenolic OH excluding ortho intramolecular Hbond substituents is 2. The summed E-state index contributed by atoms with van der Waals surface area (Å²) >= 11 is 0. The first kappa shape index (κ1) is 41.2. The number of fused-ring (bicyclic) bond motifs is 7. The summed E-state index contributed by atoms with van der Waals surface area (Å²) in [6.45, 7) is 0.288. The van der Waals surface area contributed by atoms with E-state index in [2.05, 4.69) is 28.2 Å². The monoisotopic (exact) mass is 809 g/mol. The molecule has 2 aliphatic carbocycles. The van der Waals surface area contributed by atoms with Crippen molar-refractivity contribution in [1.82, 2.24) is 9.97 Å². The summed E-state index contributed by atoms with van der Waals surface area (Å²) in [7, 11) is 0. The van der Waals surface area contributed by atoms with Crippen LogP contribution in [0.2, 0.25) is 0 Å². The fraction of sp³-hybridized carbons (Fsp3) is 0.400. The number of aliphatic hydroxyl groups excluding tert-OH is 2. The van der Waals surface area contributed by atoms with Crippen LogP contribution in [0, 0.1) is 5.92 Å². The van der Waals surface area contributed by atoms with Crippen LogP contribution in [0.4, 0.5) is 5.82 Å². The second kappa shape index (κ2) is 18.8. The molecule has 4 bridgehead atoms. The lowest BCUT2D eigenvalue weighted by Gasteiger charge is -2.37. The van der Waals surface area contributed by atoms with Crippen LogP contribution >= 0.6 is 0 Å². The predicted molar refractivity (Wildman–Crippen MR) is 231 cm³/mol. The van der Waals surface area contributed by atoms with Crippen LogP contribution in [0.1, 0.15) is 114 Å². The molecule has 314 valence electrons. The van der Waals surface area contributed by atoms with Crippen molar-refractivity contribution in [3.8, 4) is 17.2 Å². The summed E-state index contributed by atoms with van der Waals surface area (Å²) in [5.74, 6) is -0.0752. The summed E-state index contributed by atoms with van der Waals surface area (Å²) in [5.41, 5.74) is 9.11. The number of Topliss-reactive ketones (excluding diaryl/α,β-unsaturated/α-hetero) is 2. The molecule has 8 rings (SSSR count). The molecule has 3 atom stereocenters. The molecule has 0 saturated heterocycles. The van der Waals surface area contributed by atoms with Gasteiger partial charge in [0, 0.05) is 30.9 Å². The smallest absolute Gasteiger partial charge is 0.161 e. The van der Waals surface area contributed by atoms with Crippen LogP contribution in [0.3, 0.4) is 0 Å². The van der Waals surface area contributed by atoms with E-state index in [1.54, 1.807) is 24.4 Å². The zero-order valence-electron chi connectivity index (χ0n) is 34.1. The van der Waals surface area contributed by atoms with E-state index in [1.807, 2.05) is 42.6 Å². The number of hydrogen-bond acceptors (Lipinski definition) is 7. The van der Waals surface area contributed by atoms with Crippen molar-refractivity contribution in [3.05, 3.63) is 140 Å². The van der Waals surface area contributed by atoms with Crippen molar-refractivity contribution in [2.75, 3.05) is 13.2 Å². The first-order valence-corrected chi connectivity index (χ1v) is 21.6. The summed E-state index contributed by atoms with van der Waals surface area (Å²) in [5, 5.41) is 47.9. The molecular weight excluding hydrogens is 755 g/mol. The minimum atomic E-state index is -0.757. The van der Waals surface area contributed by atoms with Crippen LogP contribution in [0.15, 0.2) is 84.7 Å². The summed E-state index contributed by atoms with van der Waals surface area (Å²) in [4.78, 5) is 36.4. The lowest BCUT2D eigenvalue weighted by Crippen LogP contribution is -2.32. The van der Waals surface area contributed by atoms with E-state index in [-0.39, 0.29) is 55.2 Å². The Morgan fingerprint density at radius 3 is 2.55 bits per heavy atom. The Labute approximate surface area is 351 Å². The van der Waals surface area contributed by atoms with E-state index >= 15 is 0 Å². The van der Waals surface area contributed by atoms with Gasteiger partial charge in [0.2, 0.25) is 0 Å². The van der Waals surface area contributed by atoms with Crippen molar-refractivity contribution in [1.29, 1.82) is 0 Å². The molecule has 5 N–H and O–H groups in total. The van der Waals surface area contributed by atoms with E-state index in [4.69, 9.17) is 10.1 Å². The number of aromatic hydroxyl groups is 2. The highest BCUT2D eigenvalue weighted by Crippen LogP contribution is 2.44. The van der Waals surface area contributed by atoms with E-state index in [9.17, 15) is 30.0 Å². The van der Waals surface area contributed by atoms with Gasteiger partial charge in [0.25, 0.3) is 0 Å². The SMILES string of the molecule is O=C1CCc2cc(c(O)c(OC3CCCC3)c2)Cc2ccc(CCCO)c(c2)Cc2cc[nH]c2[N-]CC2=Cc3[n-]ccc3C(CC(O)CCc3cccc(O)c3)C2C(=O)C1. The van der Waals surface area contributed by atoms with Crippen LogP contribution in [-0.4, -0.2) is 62.3 Å². The van der Waals surface area contributed by atoms with E-state index in [1.165, 1.54) is 0 Å². The van der Waals surface area contributed by atoms with Crippen molar-refractivity contribution < 1.29 is 34.8 Å². The van der Waals surface area contributed by atoms with Gasteiger partial charge < -0.3 is 40.4 Å². The molecule has 3 unspecified atom stereocenters. The van der Waals surface area contributed by atoms with Crippen LogP contribution in [0.5, 0.6) is 17.2 Å². The van der Waals surface area contributed by atoms with Crippen LogP contribution in [-0.2, 0) is 41.7 Å². The number of ketones is 2. The molecule has 1 saturated carbocycles. The van der Waals surface area contributed by atoms with Gasteiger partial charge in [-0.3, -0.25) is 9.59 Å². The average molecular weight is 810 g/mol. The minimum Gasteiger partial charge on any atom is -0.664 e. The first-order chi connectivity index (χ1) is 29.2. The Morgan fingerprint density at radius 1 is 0.867 bits per heavy atom. The number of carbonyl (C=O) groups excluding carboxylic acids is 2. The maximum absolute atomic E-state index is 14.6. The Bertz CT molecular complexity index is 2330. The molecule has 1 fully saturated rings. The van der Waals surface area contributed by atoms with Crippen molar-refractivity contribution in [2.24, 2.45) is 5.92 Å². The largest absolute Gasteiger partial charge is 0.664 e. The normalized spacial score (nSPS) is 19.2. The van der Waals surface area contributed by atoms with Crippen molar-refractivity contribution >= 4 is 23.5 Å². The van der Waals surface area contributed by atoms with Gasteiger partial charge in [-0.1, -0.05) is 77.8 Å². The lowest BCUT2D eigenvalue weighted by molar-refractivity contribution is -0.129. The maximum Gasteiger partial charge on any atom is 0.161 e. The number of carbonyl (C=O) groups is 2. The molecule has 5 aromatic rings. The summed E-state index contributed by atoms with van der Waals surface area (Å²) in [6, 6.07) is 21.1.